The van der Waals surface area contributed by atoms with Gasteiger partial charge in [-0.1, -0.05) is 43.9 Å². The Balaban J connectivity index is 2.15. The van der Waals surface area contributed by atoms with Crippen molar-refractivity contribution in [3.8, 4) is 24.2 Å². The van der Waals surface area contributed by atoms with Crippen molar-refractivity contribution >= 4 is 12.0 Å². The number of para-hydroxylation sites is 1. The van der Waals surface area contributed by atoms with Gasteiger partial charge in [-0.15, -0.1) is 6.42 Å². The van der Waals surface area contributed by atoms with Crippen LogP contribution < -0.4 is 10.1 Å². The van der Waals surface area contributed by atoms with Crippen LogP contribution in [0.2, 0.25) is 0 Å². The van der Waals surface area contributed by atoms with Crippen LogP contribution in [0.15, 0.2) is 29.8 Å². The molecular formula is C20H22N2O2. The third kappa shape index (κ3) is 4.64. The number of benzene rings is 1. The minimum atomic E-state index is -0.331. The summed E-state index contributed by atoms with van der Waals surface area (Å²) in [5.74, 6) is 3.07. The Bertz CT molecular complexity index is 694. The Morgan fingerprint density at radius 1 is 1.42 bits per heavy atom. The predicted octanol–water partition coefficient (Wildman–Crippen LogP) is 3.30. The van der Waals surface area contributed by atoms with Gasteiger partial charge in [0.15, 0.2) is 0 Å². The normalized spacial score (nSPS) is 20.5. The van der Waals surface area contributed by atoms with E-state index in [9.17, 15) is 10.1 Å². The third-order valence-corrected chi connectivity index (χ3v) is 4.32. The van der Waals surface area contributed by atoms with E-state index in [1.165, 1.54) is 6.42 Å². The van der Waals surface area contributed by atoms with Gasteiger partial charge in [-0.3, -0.25) is 4.79 Å². The van der Waals surface area contributed by atoms with Crippen LogP contribution in [-0.4, -0.2) is 18.6 Å². The summed E-state index contributed by atoms with van der Waals surface area (Å²) in [4.78, 5) is 12.4. The van der Waals surface area contributed by atoms with E-state index in [1.54, 1.807) is 18.2 Å². The first kappa shape index (κ1) is 17.6. The lowest BCUT2D eigenvalue weighted by atomic mass is 9.86. The van der Waals surface area contributed by atoms with Gasteiger partial charge >= 0.3 is 0 Å². The number of hydrogen-bond acceptors (Lipinski definition) is 3. The monoisotopic (exact) mass is 322 g/mol. The molecule has 1 fully saturated rings. The average Bonchev–Trinajstić information content (AvgIpc) is 2.60. The van der Waals surface area contributed by atoms with Gasteiger partial charge in [-0.25, -0.2) is 0 Å². The molecule has 0 unspecified atom stereocenters. The number of nitrogens with zero attached hydrogens (tertiary/aromatic N) is 1. The maximum absolute atomic E-state index is 12.4. The van der Waals surface area contributed by atoms with Crippen molar-refractivity contribution in [3.05, 3.63) is 35.4 Å². The summed E-state index contributed by atoms with van der Waals surface area (Å²) in [5.41, 5.74) is 0.737. The van der Waals surface area contributed by atoms with Crippen LogP contribution in [0.1, 0.15) is 38.2 Å². The van der Waals surface area contributed by atoms with Crippen molar-refractivity contribution in [3.63, 3.8) is 0 Å². The number of amides is 1. The quantitative estimate of drug-likeness (QED) is 0.514. The molecule has 0 aliphatic heterocycles. The van der Waals surface area contributed by atoms with E-state index in [1.807, 2.05) is 18.2 Å². The van der Waals surface area contributed by atoms with E-state index in [0.29, 0.717) is 17.2 Å². The van der Waals surface area contributed by atoms with Gasteiger partial charge in [-0.05, 0) is 30.9 Å². The van der Waals surface area contributed by atoms with E-state index in [-0.39, 0.29) is 24.1 Å². The molecule has 1 aromatic rings. The summed E-state index contributed by atoms with van der Waals surface area (Å²) < 4.78 is 5.46. The highest BCUT2D eigenvalue weighted by molar-refractivity contribution is 6.02. The van der Waals surface area contributed by atoms with E-state index in [4.69, 9.17) is 11.2 Å². The number of ether oxygens (including phenoxy) is 1. The van der Waals surface area contributed by atoms with Crippen molar-refractivity contribution in [2.24, 2.45) is 5.92 Å². The number of nitriles is 1. The van der Waals surface area contributed by atoms with E-state index in [2.05, 4.69) is 18.2 Å². The molecule has 0 saturated heterocycles. The van der Waals surface area contributed by atoms with Crippen molar-refractivity contribution in [2.45, 2.75) is 38.6 Å². The predicted molar refractivity (Wildman–Crippen MR) is 93.9 cm³/mol. The zero-order valence-corrected chi connectivity index (χ0v) is 13.9. The molecule has 1 aliphatic rings. The zero-order chi connectivity index (χ0) is 17.4. The molecule has 1 aliphatic carbocycles. The van der Waals surface area contributed by atoms with Crippen LogP contribution in [0.4, 0.5) is 0 Å². The Morgan fingerprint density at radius 2 is 2.17 bits per heavy atom. The lowest BCUT2D eigenvalue weighted by Gasteiger charge is -2.29. The lowest BCUT2D eigenvalue weighted by Crippen LogP contribution is -2.41. The molecule has 1 N–H and O–H groups in total. The number of carbonyl (C=O) groups excluding carboxylic acids is 1. The lowest BCUT2D eigenvalue weighted by molar-refractivity contribution is -0.118. The van der Waals surface area contributed by atoms with Crippen molar-refractivity contribution in [1.29, 1.82) is 5.26 Å². The summed E-state index contributed by atoms with van der Waals surface area (Å²) in [6, 6.07) is 9.32. The highest BCUT2D eigenvalue weighted by atomic mass is 16.5. The van der Waals surface area contributed by atoms with Gasteiger partial charge in [0.25, 0.3) is 5.91 Å². The fourth-order valence-corrected chi connectivity index (χ4v) is 2.93. The molecule has 1 amide bonds. The smallest absolute Gasteiger partial charge is 0.262 e. The molecule has 0 aromatic heterocycles. The average molecular weight is 322 g/mol. The molecule has 0 radical (unpaired) electrons. The second-order valence-corrected chi connectivity index (χ2v) is 6.04. The Kier molecular flexibility index (Phi) is 6.46. The Morgan fingerprint density at radius 3 is 2.88 bits per heavy atom. The van der Waals surface area contributed by atoms with Gasteiger partial charge in [0.2, 0.25) is 0 Å². The minimum absolute atomic E-state index is 0.0736. The molecule has 1 aromatic carbocycles. The molecule has 0 spiro atoms. The first-order valence-electron chi connectivity index (χ1n) is 8.23. The summed E-state index contributed by atoms with van der Waals surface area (Å²) in [6.45, 7) is 2.28. The first-order chi connectivity index (χ1) is 11.7. The molecule has 0 bridgehead atoms. The second-order valence-electron chi connectivity index (χ2n) is 6.04. The summed E-state index contributed by atoms with van der Waals surface area (Å²) >= 11 is 0. The van der Waals surface area contributed by atoms with Gasteiger partial charge in [0.1, 0.15) is 24.0 Å². The molecule has 0 heterocycles. The maximum Gasteiger partial charge on any atom is 0.262 e. The zero-order valence-electron chi connectivity index (χ0n) is 13.9. The molecular weight excluding hydrogens is 300 g/mol. The van der Waals surface area contributed by atoms with Crippen molar-refractivity contribution < 1.29 is 9.53 Å². The molecule has 2 atom stereocenters. The third-order valence-electron chi connectivity index (χ3n) is 4.32. The first-order valence-corrected chi connectivity index (χ1v) is 8.23. The molecule has 4 heteroatoms. The summed E-state index contributed by atoms with van der Waals surface area (Å²) in [7, 11) is 0. The van der Waals surface area contributed by atoms with E-state index in [0.717, 1.165) is 19.3 Å². The number of nitrogens with one attached hydrogen (secondary N) is 1. The number of rotatable bonds is 5. The topological polar surface area (TPSA) is 62.1 Å². The van der Waals surface area contributed by atoms with Crippen LogP contribution in [0.3, 0.4) is 0 Å². The van der Waals surface area contributed by atoms with Gasteiger partial charge in [0.05, 0.1) is 0 Å². The summed E-state index contributed by atoms with van der Waals surface area (Å²) in [5, 5.41) is 12.4. The Labute approximate surface area is 143 Å². The van der Waals surface area contributed by atoms with Crippen LogP contribution in [0.5, 0.6) is 5.75 Å². The molecule has 2 rings (SSSR count). The van der Waals surface area contributed by atoms with Crippen LogP contribution in [0, 0.1) is 29.6 Å². The fraction of sp³-hybridized carbons (Fsp3) is 0.400. The highest BCUT2D eigenvalue weighted by Crippen LogP contribution is 2.25. The number of terminal acetylenes is 1. The van der Waals surface area contributed by atoms with Crippen LogP contribution in [0.25, 0.3) is 6.08 Å². The molecule has 4 nitrogen and oxygen atoms in total. The SMILES string of the molecule is C#CCOc1ccccc1/C=C(\C#N)C(=O)N[C@H]1CCCC[C@H]1C. The van der Waals surface area contributed by atoms with Gasteiger partial charge < -0.3 is 10.1 Å². The molecule has 124 valence electrons. The number of hydrogen-bond donors (Lipinski definition) is 1. The molecule has 24 heavy (non-hydrogen) atoms. The largest absolute Gasteiger partial charge is 0.480 e. The van der Waals surface area contributed by atoms with E-state index >= 15 is 0 Å². The van der Waals surface area contributed by atoms with Crippen LogP contribution >= 0.6 is 0 Å². The van der Waals surface area contributed by atoms with Crippen molar-refractivity contribution in [2.75, 3.05) is 6.61 Å². The fourth-order valence-electron chi connectivity index (χ4n) is 2.93. The minimum Gasteiger partial charge on any atom is -0.480 e. The molecule has 1 saturated carbocycles. The van der Waals surface area contributed by atoms with Gasteiger partial charge in [-0.2, -0.15) is 5.26 Å². The standard InChI is InChI=1S/C20H22N2O2/c1-3-12-24-19-11-7-5-9-16(19)13-17(14-21)20(23)22-18-10-6-4-8-15(18)2/h1,5,7,9,11,13,15,18H,4,6,8,10,12H2,2H3,(H,22,23)/b17-13+/t15-,18+/m1/s1. The highest BCUT2D eigenvalue weighted by Gasteiger charge is 2.24. The van der Waals surface area contributed by atoms with Crippen molar-refractivity contribution in [1.82, 2.24) is 5.32 Å². The van der Waals surface area contributed by atoms with Gasteiger partial charge in [0, 0.05) is 11.6 Å². The maximum atomic E-state index is 12.4. The number of carbonyl (C=O) groups is 1. The Hall–Kier alpha value is -2.72. The van der Waals surface area contributed by atoms with Crippen LogP contribution in [-0.2, 0) is 4.79 Å². The van der Waals surface area contributed by atoms with E-state index < -0.39 is 0 Å². The second kappa shape index (κ2) is 8.79. The summed E-state index contributed by atoms with van der Waals surface area (Å²) in [6.07, 6.45) is 11.2.